The summed E-state index contributed by atoms with van der Waals surface area (Å²) < 4.78 is 1.26. The molecule has 2 aromatic rings. The number of hydrogen-bond donors (Lipinski definition) is 0. The Hall–Kier alpha value is -1.62. The smallest absolute Gasteiger partial charge is 0.219 e. The first kappa shape index (κ1) is 13.4. The Labute approximate surface area is 123 Å². The molecule has 0 N–H and O–H groups in total. The Morgan fingerprint density at radius 3 is 2.70 bits per heavy atom. The lowest BCUT2D eigenvalue weighted by atomic mass is 10.2. The zero-order chi connectivity index (χ0) is 14.1. The van der Waals surface area contributed by atoms with Crippen LogP contribution in [-0.2, 0) is 11.2 Å². The Morgan fingerprint density at radius 2 is 2.05 bits per heavy atom. The van der Waals surface area contributed by atoms with Crippen LogP contribution in [0, 0.1) is 0 Å². The van der Waals surface area contributed by atoms with Gasteiger partial charge in [-0.1, -0.05) is 24.3 Å². The minimum Gasteiger partial charge on any atom is -0.345 e. The summed E-state index contributed by atoms with van der Waals surface area (Å²) in [6.07, 6.45) is 1.06. The number of aromatic nitrogens is 1. The summed E-state index contributed by atoms with van der Waals surface area (Å²) in [7, 11) is 0. The zero-order valence-corrected chi connectivity index (χ0v) is 12.7. The van der Waals surface area contributed by atoms with Gasteiger partial charge in [-0.05, 0) is 24.1 Å². The fourth-order valence-corrected chi connectivity index (χ4v) is 3.61. The standard InChI is InChI=1S/C15H19N3OS/c1-3-12-4-5-13-14(10-12)20-15(16-13)18-8-6-17(7-9-18)11(2)19/h4-5,10H,3,6-9H2,1-2H3. The molecule has 106 valence electrons. The van der Waals surface area contributed by atoms with Crippen LogP contribution in [0.25, 0.3) is 10.2 Å². The number of hydrogen-bond acceptors (Lipinski definition) is 4. The molecule has 1 aliphatic heterocycles. The summed E-state index contributed by atoms with van der Waals surface area (Å²) in [5, 5.41) is 1.08. The predicted molar refractivity (Wildman–Crippen MR) is 83.5 cm³/mol. The van der Waals surface area contributed by atoms with Crippen LogP contribution >= 0.6 is 11.3 Å². The minimum absolute atomic E-state index is 0.168. The summed E-state index contributed by atoms with van der Waals surface area (Å²) in [4.78, 5) is 20.3. The van der Waals surface area contributed by atoms with E-state index in [2.05, 4.69) is 30.0 Å². The fraction of sp³-hybridized carbons (Fsp3) is 0.467. The Kier molecular flexibility index (Phi) is 3.61. The van der Waals surface area contributed by atoms with E-state index in [1.165, 1.54) is 10.3 Å². The lowest BCUT2D eigenvalue weighted by molar-refractivity contribution is -0.129. The number of piperazine rings is 1. The Morgan fingerprint density at radius 1 is 1.30 bits per heavy atom. The van der Waals surface area contributed by atoms with Crippen LogP contribution in [0.4, 0.5) is 5.13 Å². The SMILES string of the molecule is CCc1ccc2nc(N3CCN(C(C)=O)CC3)sc2c1. The molecule has 1 fully saturated rings. The van der Waals surface area contributed by atoms with Crippen molar-refractivity contribution in [1.82, 2.24) is 9.88 Å². The van der Waals surface area contributed by atoms with Gasteiger partial charge in [-0.3, -0.25) is 4.79 Å². The summed E-state index contributed by atoms with van der Waals surface area (Å²) >= 11 is 1.75. The molecular formula is C15H19N3OS. The van der Waals surface area contributed by atoms with Crippen molar-refractivity contribution in [2.24, 2.45) is 0 Å². The number of carbonyl (C=O) groups is 1. The summed E-state index contributed by atoms with van der Waals surface area (Å²) in [6.45, 7) is 7.15. The van der Waals surface area contributed by atoms with Gasteiger partial charge < -0.3 is 9.80 Å². The molecule has 1 amide bonds. The average molecular weight is 289 g/mol. The molecule has 1 aromatic carbocycles. The molecule has 20 heavy (non-hydrogen) atoms. The van der Waals surface area contributed by atoms with Crippen LogP contribution in [0.5, 0.6) is 0 Å². The number of nitrogens with zero attached hydrogens (tertiary/aromatic N) is 3. The van der Waals surface area contributed by atoms with E-state index in [0.717, 1.165) is 43.2 Å². The van der Waals surface area contributed by atoms with Gasteiger partial charge in [-0.25, -0.2) is 4.98 Å². The highest BCUT2D eigenvalue weighted by Crippen LogP contribution is 2.30. The monoisotopic (exact) mass is 289 g/mol. The van der Waals surface area contributed by atoms with Crippen LogP contribution in [-0.4, -0.2) is 42.0 Å². The molecule has 0 atom stereocenters. The number of aryl methyl sites for hydroxylation is 1. The van der Waals surface area contributed by atoms with Gasteiger partial charge in [-0.2, -0.15) is 0 Å². The second-order valence-electron chi connectivity index (χ2n) is 5.15. The lowest BCUT2D eigenvalue weighted by Gasteiger charge is -2.33. The first-order valence-corrected chi connectivity index (χ1v) is 7.89. The topological polar surface area (TPSA) is 36.4 Å². The second kappa shape index (κ2) is 5.40. The zero-order valence-electron chi connectivity index (χ0n) is 11.9. The molecule has 5 heteroatoms. The highest BCUT2D eigenvalue weighted by molar-refractivity contribution is 7.22. The number of benzene rings is 1. The van der Waals surface area contributed by atoms with E-state index < -0.39 is 0 Å². The van der Waals surface area contributed by atoms with Crippen molar-refractivity contribution >= 4 is 32.6 Å². The fourth-order valence-electron chi connectivity index (χ4n) is 2.52. The summed E-state index contributed by atoms with van der Waals surface area (Å²) in [6, 6.07) is 6.50. The minimum atomic E-state index is 0.168. The third-order valence-electron chi connectivity index (χ3n) is 3.85. The van der Waals surface area contributed by atoms with E-state index >= 15 is 0 Å². The number of carbonyl (C=O) groups excluding carboxylic acids is 1. The van der Waals surface area contributed by atoms with Gasteiger partial charge in [0.1, 0.15) is 0 Å². The third kappa shape index (κ3) is 2.50. The first-order chi connectivity index (χ1) is 9.67. The normalized spacial score (nSPS) is 15.9. The van der Waals surface area contributed by atoms with Crippen molar-refractivity contribution in [3.8, 4) is 0 Å². The highest BCUT2D eigenvalue weighted by atomic mass is 32.1. The van der Waals surface area contributed by atoms with Gasteiger partial charge in [0, 0.05) is 33.1 Å². The second-order valence-corrected chi connectivity index (χ2v) is 6.15. The van der Waals surface area contributed by atoms with E-state index in [1.54, 1.807) is 18.3 Å². The van der Waals surface area contributed by atoms with E-state index in [0.29, 0.717) is 0 Å². The van der Waals surface area contributed by atoms with Crippen LogP contribution in [0.2, 0.25) is 0 Å². The Balaban J connectivity index is 1.79. The summed E-state index contributed by atoms with van der Waals surface area (Å²) in [5.41, 5.74) is 2.44. The largest absolute Gasteiger partial charge is 0.345 e. The first-order valence-electron chi connectivity index (χ1n) is 7.07. The molecule has 0 bridgehead atoms. The van der Waals surface area contributed by atoms with Crippen molar-refractivity contribution in [3.05, 3.63) is 23.8 Å². The van der Waals surface area contributed by atoms with Gasteiger partial charge in [0.15, 0.2) is 5.13 Å². The van der Waals surface area contributed by atoms with Crippen molar-refractivity contribution < 1.29 is 4.79 Å². The third-order valence-corrected chi connectivity index (χ3v) is 4.92. The Bertz CT molecular complexity index is 629. The molecule has 0 radical (unpaired) electrons. The maximum Gasteiger partial charge on any atom is 0.219 e. The van der Waals surface area contributed by atoms with Gasteiger partial charge >= 0.3 is 0 Å². The van der Waals surface area contributed by atoms with Crippen LogP contribution in [0.1, 0.15) is 19.4 Å². The number of thiazole rings is 1. The van der Waals surface area contributed by atoms with E-state index in [1.807, 2.05) is 4.90 Å². The molecule has 0 spiro atoms. The number of amides is 1. The van der Waals surface area contributed by atoms with E-state index in [9.17, 15) is 4.79 Å². The average Bonchev–Trinajstić information content (AvgIpc) is 2.90. The highest BCUT2D eigenvalue weighted by Gasteiger charge is 2.21. The maximum atomic E-state index is 11.3. The predicted octanol–water partition coefficient (Wildman–Crippen LogP) is 2.53. The van der Waals surface area contributed by atoms with Crippen LogP contribution in [0.3, 0.4) is 0 Å². The number of anilines is 1. The molecular weight excluding hydrogens is 270 g/mol. The van der Waals surface area contributed by atoms with E-state index in [-0.39, 0.29) is 5.91 Å². The van der Waals surface area contributed by atoms with Crippen molar-refractivity contribution in [1.29, 1.82) is 0 Å². The quantitative estimate of drug-likeness (QED) is 0.852. The molecule has 4 nitrogen and oxygen atoms in total. The van der Waals surface area contributed by atoms with Gasteiger partial charge in [0.05, 0.1) is 10.2 Å². The van der Waals surface area contributed by atoms with Gasteiger partial charge in [0.2, 0.25) is 5.91 Å². The molecule has 1 aliphatic rings. The molecule has 1 saturated heterocycles. The summed E-state index contributed by atoms with van der Waals surface area (Å²) in [5.74, 6) is 0.168. The molecule has 2 heterocycles. The molecule has 0 aliphatic carbocycles. The number of rotatable bonds is 2. The van der Waals surface area contributed by atoms with E-state index in [4.69, 9.17) is 4.98 Å². The van der Waals surface area contributed by atoms with Crippen LogP contribution in [0.15, 0.2) is 18.2 Å². The molecule has 0 saturated carbocycles. The van der Waals surface area contributed by atoms with Gasteiger partial charge in [0.25, 0.3) is 0 Å². The van der Waals surface area contributed by atoms with Crippen molar-refractivity contribution in [3.63, 3.8) is 0 Å². The maximum absolute atomic E-state index is 11.3. The van der Waals surface area contributed by atoms with Crippen molar-refractivity contribution in [2.75, 3.05) is 31.1 Å². The van der Waals surface area contributed by atoms with Crippen LogP contribution < -0.4 is 4.90 Å². The molecule has 1 aromatic heterocycles. The lowest BCUT2D eigenvalue weighted by Crippen LogP contribution is -2.48. The van der Waals surface area contributed by atoms with Crippen molar-refractivity contribution in [2.45, 2.75) is 20.3 Å². The molecule has 0 unspecified atom stereocenters. The van der Waals surface area contributed by atoms with Gasteiger partial charge in [-0.15, -0.1) is 0 Å². The molecule has 3 rings (SSSR count). The number of fused-ring (bicyclic) bond motifs is 1.